The molecule has 0 aliphatic carbocycles. The summed E-state index contributed by atoms with van der Waals surface area (Å²) in [5.74, 6) is -1.42. The molecular formula is C11H17N5O3. The number of nitrogens with zero attached hydrogens (tertiary/aromatic N) is 4. The summed E-state index contributed by atoms with van der Waals surface area (Å²) in [4.78, 5) is 24.8. The largest absolute Gasteiger partial charge is 0.480 e. The third kappa shape index (κ3) is 2.58. The number of amides is 1. The second-order valence-electron chi connectivity index (χ2n) is 4.70. The average Bonchev–Trinajstić information content (AvgIpc) is 2.95. The zero-order chi connectivity index (χ0) is 14.0. The van der Waals surface area contributed by atoms with E-state index < -0.39 is 12.0 Å². The molecule has 1 aromatic rings. The van der Waals surface area contributed by atoms with Crippen LogP contribution in [0.4, 0.5) is 0 Å². The number of aromatic nitrogens is 3. The fourth-order valence-electron chi connectivity index (χ4n) is 2.34. The van der Waals surface area contributed by atoms with Crippen LogP contribution in [-0.4, -0.2) is 56.0 Å². The number of carboxylic acids is 1. The highest BCUT2D eigenvalue weighted by Crippen LogP contribution is 2.25. The third-order valence-corrected chi connectivity index (χ3v) is 3.33. The van der Waals surface area contributed by atoms with Crippen molar-refractivity contribution in [2.75, 3.05) is 13.1 Å². The summed E-state index contributed by atoms with van der Waals surface area (Å²) in [5.41, 5.74) is 5.55. The van der Waals surface area contributed by atoms with Crippen LogP contribution in [0.5, 0.6) is 0 Å². The summed E-state index contributed by atoms with van der Waals surface area (Å²) >= 11 is 0. The SMILES string of the molecule is CC1CCN(C(=O)c2cn(CCN)nn2)C1C(=O)O. The second-order valence-corrected chi connectivity index (χ2v) is 4.70. The summed E-state index contributed by atoms with van der Waals surface area (Å²) < 4.78 is 1.47. The first kappa shape index (κ1) is 13.5. The number of likely N-dealkylation sites (tertiary alicyclic amines) is 1. The molecule has 0 aromatic carbocycles. The van der Waals surface area contributed by atoms with Crippen molar-refractivity contribution in [1.29, 1.82) is 0 Å². The van der Waals surface area contributed by atoms with Crippen molar-refractivity contribution in [3.05, 3.63) is 11.9 Å². The van der Waals surface area contributed by atoms with Crippen LogP contribution in [0.15, 0.2) is 6.20 Å². The number of aliphatic carboxylic acids is 1. The number of rotatable bonds is 4. The minimum absolute atomic E-state index is 0.0551. The Morgan fingerprint density at radius 3 is 2.95 bits per heavy atom. The molecule has 2 rings (SSSR count). The highest BCUT2D eigenvalue weighted by Gasteiger charge is 2.40. The molecule has 19 heavy (non-hydrogen) atoms. The summed E-state index contributed by atoms with van der Waals surface area (Å²) in [5, 5.41) is 16.7. The smallest absolute Gasteiger partial charge is 0.326 e. The van der Waals surface area contributed by atoms with Gasteiger partial charge in [-0.15, -0.1) is 5.10 Å². The first-order valence-electron chi connectivity index (χ1n) is 6.18. The van der Waals surface area contributed by atoms with Gasteiger partial charge in [0.05, 0.1) is 12.7 Å². The predicted octanol–water partition coefficient (Wildman–Crippen LogP) is -0.828. The highest BCUT2D eigenvalue weighted by atomic mass is 16.4. The van der Waals surface area contributed by atoms with Gasteiger partial charge in [-0.3, -0.25) is 9.48 Å². The highest BCUT2D eigenvalue weighted by molar-refractivity contribution is 5.95. The molecular weight excluding hydrogens is 250 g/mol. The topological polar surface area (TPSA) is 114 Å². The minimum atomic E-state index is -0.979. The maximum absolute atomic E-state index is 12.2. The summed E-state index contributed by atoms with van der Waals surface area (Å²) in [6.07, 6.45) is 2.18. The molecule has 0 bridgehead atoms. The van der Waals surface area contributed by atoms with Crippen molar-refractivity contribution in [3.63, 3.8) is 0 Å². The van der Waals surface area contributed by atoms with E-state index in [4.69, 9.17) is 5.73 Å². The lowest BCUT2D eigenvalue weighted by Gasteiger charge is -2.22. The van der Waals surface area contributed by atoms with Crippen LogP contribution in [-0.2, 0) is 11.3 Å². The molecule has 1 aliphatic rings. The van der Waals surface area contributed by atoms with Crippen molar-refractivity contribution in [3.8, 4) is 0 Å². The molecule has 2 atom stereocenters. The van der Waals surface area contributed by atoms with E-state index in [0.717, 1.165) is 0 Å². The summed E-state index contributed by atoms with van der Waals surface area (Å²) in [6.45, 7) is 3.13. The zero-order valence-electron chi connectivity index (χ0n) is 10.7. The van der Waals surface area contributed by atoms with E-state index in [0.29, 0.717) is 26.1 Å². The van der Waals surface area contributed by atoms with E-state index in [1.807, 2.05) is 6.92 Å². The molecule has 2 heterocycles. The third-order valence-electron chi connectivity index (χ3n) is 3.33. The molecule has 1 saturated heterocycles. The molecule has 104 valence electrons. The van der Waals surface area contributed by atoms with Crippen LogP contribution in [0.2, 0.25) is 0 Å². The molecule has 1 amide bonds. The van der Waals surface area contributed by atoms with Crippen molar-refractivity contribution < 1.29 is 14.7 Å². The number of hydrogen-bond acceptors (Lipinski definition) is 5. The van der Waals surface area contributed by atoms with Gasteiger partial charge >= 0.3 is 5.97 Å². The van der Waals surface area contributed by atoms with E-state index in [-0.39, 0.29) is 17.5 Å². The molecule has 8 heteroatoms. The number of carbonyl (C=O) groups is 2. The van der Waals surface area contributed by atoms with Crippen LogP contribution in [0.25, 0.3) is 0 Å². The number of carboxylic acid groups (broad SMARTS) is 1. The van der Waals surface area contributed by atoms with Gasteiger partial charge < -0.3 is 15.7 Å². The van der Waals surface area contributed by atoms with Gasteiger partial charge in [-0.25, -0.2) is 4.79 Å². The van der Waals surface area contributed by atoms with E-state index >= 15 is 0 Å². The maximum atomic E-state index is 12.2. The lowest BCUT2D eigenvalue weighted by molar-refractivity contribution is -0.142. The van der Waals surface area contributed by atoms with Crippen molar-refractivity contribution in [2.24, 2.45) is 11.7 Å². The Hall–Kier alpha value is -1.96. The fourth-order valence-corrected chi connectivity index (χ4v) is 2.34. The normalized spacial score (nSPS) is 22.7. The van der Waals surface area contributed by atoms with Crippen LogP contribution >= 0.6 is 0 Å². The molecule has 1 aromatic heterocycles. The second kappa shape index (κ2) is 5.35. The minimum Gasteiger partial charge on any atom is -0.480 e. The predicted molar refractivity (Wildman–Crippen MR) is 65.3 cm³/mol. The van der Waals surface area contributed by atoms with Crippen LogP contribution in [0.3, 0.4) is 0 Å². The van der Waals surface area contributed by atoms with Gasteiger partial charge in [0.1, 0.15) is 6.04 Å². The molecule has 1 aliphatic heterocycles. The van der Waals surface area contributed by atoms with Crippen LogP contribution < -0.4 is 5.73 Å². The van der Waals surface area contributed by atoms with Crippen molar-refractivity contribution >= 4 is 11.9 Å². The Labute approximate surface area is 110 Å². The van der Waals surface area contributed by atoms with Crippen LogP contribution in [0.1, 0.15) is 23.8 Å². The molecule has 0 saturated carbocycles. The molecule has 1 fully saturated rings. The summed E-state index contributed by atoms with van der Waals surface area (Å²) in [7, 11) is 0. The van der Waals surface area contributed by atoms with Crippen molar-refractivity contribution in [2.45, 2.75) is 25.9 Å². The van der Waals surface area contributed by atoms with Gasteiger partial charge in [-0.05, 0) is 12.3 Å². The average molecular weight is 267 g/mol. The number of hydrogen-bond donors (Lipinski definition) is 2. The number of nitrogens with two attached hydrogens (primary N) is 1. The Morgan fingerprint density at radius 2 is 2.32 bits per heavy atom. The maximum Gasteiger partial charge on any atom is 0.326 e. The van der Waals surface area contributed by atoms with Gasteiger partial charge in [0.15, 0.2) is 5.69 Å². The van der Waals surface area contributed by atoms with Gasteiger partial charge in [-0.1, -0.05) is 12.1 Å². The quantitative estimate of drug-likeness (QED) is 0.736. The van der Waals surface area contributed by atoms with Gasteiger partial charge in [0.25, 0.3) is 5.91 Å². The van der Waals surface area contributed by atoms with Gasteiger partial charge in [0, 0.05) is 13.1 Å². The Balaban J connectivity index is 2.16. The molecule has 0 spiro atoms. The Bertz CT molecular complexity index is 486. The lowest BCUT2D eigenvalue weighted by atomic mass is 10.0. The number of carbonyl (C=O) groups excluding carboxylic acids is 1. The standard InChI is InChI=1S/C11H17N5O3/c1-7-2-4-16(9(7)11(18)19)10(17)8-6-15(5-3-12)14-13-8/h6-7,9H,2-5,12H2,1H3,(H,18,19). The van der Waals surface area contributed by atoms with Crippen LogP contribution in [0, 0.1) is 5.92 Å². The van der Waals surface area contributed by atoms with E-state index in [2.05, 4.69) is 10.3 Å². The molecule has 2 unspecified atom stereocenters. The van der Waals surface area contributed by atoms with Gasteiger partial charge in [-0.2, -0.15) is 0 Å². The van der Waals surface area contributed by atoms with E-state index in [1.165, 1.54) is 15.8 Å². The molecule has 3 N–H and O–H groups in total. The first-order chi connectivity index (χ1) is 9.04. The summed E-state index contributed by atoms with van der Waals surface area (Å²) in [6, 6.07) is -0.785. The molecule has 8 nitrogen and oxygen atoms in total. The van der Waals surface area contributed by atoms with E-state index in [9.17, 15) is 14.7 Å². The Morgan fingerprint density at radius 1 is 1.58 bits per heavy atom. The zero-order valence-corrected chi connectivity index (χ0v) is 10.7. The monoisotopic (exact) mass is 267 g/mol. The molecule has 0 radical (unpaired) electrons. The lowest BCUT2D eigenvalue weighted by Crippen LogP contribution is -2.42. The van der Waals surface area contributed by atoms with Gasteiger partial charge in [0.2, 0.25) is 0 Å². The first-order valence-corrected chi connectivity index (χ1v) is 6.18. The van der Waals surface area contributed by atoms with E-state index in [1.54, 1.807) is 0 Å². The Kier molecular flexibility index (Phi) is 3.79. The fraction of sp³-hybridized carbons (Fsp3) is 0.636. The van der Waals surface area contributed by atoms with Crippen molar-refractivity contribution in [1.82, 2.24) is 19.9 Å².